The lowest BCUT2D eigenvalue weighted by molar-refractivity contribution is 0.776. The summed E-state index contributed by atoms with van der Waals surface area (Å²) in [7, 11) is 0. The second kappa shape index (κ2) is 17.2. The highest BCUT2D eigenvalue weighted by molar-refractivity contribution is 8.03. The van der Waals surface area contributed by atoms with Gasteiger partial charge in [0.05, 0.1) is 0 Å². The fraction of sp³-hybridized carbons (Fsp3) is 0.750. The van der Waals surface area contributed by atoms with E-state index in [0.717, 1.165) is 0 Å². The van der Waals surface area contributed by atoms with Crippen LogP contribution in [-0.4, -0.2) is 17.3 Å². The van der Waals surface area contributed by atoms with E-state index in [1.54, 1.807) is 20.2 Å². The van der Waals surface area contributed by atoms with Gasteiger partial charge in [0.25, 0.3) is 0 Å². The van der Waals surface area contributed by atoms with E-state index in [4.69, 9.17) is 0 Å². The van der Waals surface area contributed by atoms with Crippen molar-refractivity contribution >= 4 is 35.3 Å². The van der Waals surface area contributed by atoms with Gasteiger partial charge >= 0.3 is 0 Å². The van der Waals surface area contributed by atoms with Gasteiger partial charge in [0.15, 0.2) is 0 Å². The maximum atomic E-state index is 2.51. The fourth-order valence-electron chi connectivity index (χ4n) is 3.02. The maximum absolute atomic E-state index is 2.51. The summed E-state index contributed by atoms with van der Waals surface area (Å²) in [6.07, 6.45) is 14.5. The van der Waals surface area contributed by atoms with Gasteiger partial charge in [-0.2, -0.15) is 0 Å². The van der Waals surface area contributed by atoms with Gasteiger partial charge in [-0.05, 0) is 60.6 Å². The third kappa shape index (κ3) is 11.1. The van der Waals surface area contributed by atoms with Gasteiger partial charge in [-0.1, -0.05) is 72.6 Å². The van der Waals surface area contributed by atoms with E-state index >= 15 is 0 Å². The number of benzene rings is 1. The Kier molecular flexibility index (Phi) is 16.1. The summed E-state index contributed by atoms with van der Waals surface area (Å²) >= 11 is 6.36. The second-order valence-corrected chi connectivity index (χ2v) is 10.7. The highest BCUT2D eigenvalue weighted by atomic mass is 32.2. The molecule has 0 aromatic heterocycles. The molecule has 0 radical (unpaired) electrons. The number of rotatable bonds is 17. The maximum Gasteiger partial charge on any atom is 0.0344 e. The van der Waals surface area contributed by atoms with E-state index in [9.17, 15) is 0 Å². The summed E-state index contributed by atoms with van der Waals surface area (Å²) in [6.45, 7) is 9.20. The van der Waals surface area contributed by atoms with Gasteiger partial charge in [0.2, 0.25) is 0 Å². The Morgan fingerprint density at radius 1 is 0.556 bits per heavy atom. The molecule has 0 nitrogen and oxygen atoms in total. The Balaban J connectivity index is 2.94. The number of unbranched alkanes of at least 4 members (excludes halogenated alkanes) is 6. The Morgan fingerprint density at radius 2 is 1.00 bits per heavy atom. The molecular formula is C24H42S3. The molecule has 1 aromatic carbocycles. The average molecular weight is 427 g/mol. The van der Waals surface area contributed by atoms with Crippen LogP contribution in [0.15, 0.2) is 26.8 Å². The minimum atomic E-state index is 1.21. The Hall–Kier alpha value is 0.270. The molecule has 0 N–H and O–H groups in total. The first-order chi connectivity index (χ1) is 13.3. The van der Waals surface area contributed by atoms with Crippen molar-refractivity contribution in [3.8, 4) is 0 Å². The van der Waals surface area contributed by atoms with Crippen LogP contribution in [0, 0.1) is 0 Å². The minimum absolute atomic E-state index is 1.21. The smallest absolute Gasteiger partial charge is 0.0344 e. The van der Waals surface area contributed by atoms with E-state index in [-0.39, 0.29) is 0 Å². The van der Waals surface area contributed by atoms with Crippen molar-refractivity contribution < 1.29 is 0 Å². The third-order valence-electron chi connectivity index (χ3n) is 4.62. The predicted octanol–water partition coefficient (Wildman–Crippen LogP) is 9.49. The molecule has 0 aliphatic rings. The van der Waals surface area contributed by atoms with E-state index in [0.29, 0.717) is 0 Å². The molecule has 156 valence electrons. The largest absolute Gasteiger partial charge is 0.125 e. The lowest BCUT2D eigenvalue weighted by Gasteiger charge is -2.17. The molecular weight excluding hydrogens is 384 g/mol. The van der Waals surface area contributed by atoms with Gasteiger partial charge in [-0.15, -0.1) is 35.3 Å². The Bertz CT molecular complexity index is 452. The molecule has 0 spiro atoms. The zero-order valence-corrected chi connectivity index (χ0v) is 20.7. The van der Waals surface area contributed by atoms with Gasteiger partial charge < -0.3 is 0 Å². The van der Waals surface area contributed by atoms with Crippen molar-refractivity contribution in [3.05, 3.63) is 17.7 Å². The SMILES string of the molecule is CCCCCSc1cc(CCC)cc(SCCCCC)c1SCCCCC. The van der Waals surface area contributed by atoms with Gasteiger partial charge in [0, 0.05) is 14.7 Å². The molecule has 0 fully saturated rings. The molecule has 3 heteroatoms. The summed E-state index contributed by atoms with van der Waals surface area (Å²) in [5.41, 5.74) is 1.55. The summed E-state index contributed by atoms with van der Waals surface area (Å²) in [4.78, 5) is 4.72. The molecule has 0 aliphatic carbocycles. The predicted molar refractivity (Wildman–Crippen MR) is 131 cm³/mol. The normalized spacial score (nSPS) is 11.3. The van der Waals surface area contributed by atoms with Gasteiger partial charge in [0.1, 0.15) is 0 Å². The lowest BCUT2D eigenvalue weighted by Crippen LogP contribution is -1.94. The second-order valence-electron chi connectivity index (χ2n) is 7.34. The molecule has 0 aliphatic heterocycles. The molecule has 27 heavy (non-hydrogen) atoms. The van der Waals surface area contributed by atoms with Gasteiger partial charge in [-0.25, -0.2) is 0 Å². The number of aryl methyl sites for hydroxylation is 1. The van der Waals surface area contributed by atoms with Crippen molar-refractivity contribution in [3.63, 3.8) is 0 Å². The molecule has 0 saturated carbocycles. The standard InChI is InChI=1S/C24H42S3/c1-5-9-12-16-25-22-19-21(15-8-4)20-23(26-17-13-10-6-2)24(22)27-18-14-11-7-3/h19-20H,5-18H2,1-4H3. The average Bonchev–Trinajstić information content (AvgIpc) is 2.67. The van der Waals surface area contributed by atoms with Gasteiger partial charge in [-0.3, -0.25) is 0 Å². The van der Waals surface area contributed by atoms with Crippen LogP contribution < -0.4 is 0 Å². The molecule has 0 bridgehead atoms. The van der Waals surface area contributed by atoms with E-state index in [1.165, 1.54) is 87.9 Å². The molecule has 1 aromatic rings. The van der Waals surface area contributed by atoms with Crippen LogP contribution >= 0.6 is 35.3 Å². The molecule has 0 saturated heterocycles. The molecule has 0 amide bonds. The first kappa shape index (κ1) is 25.3. The molecule has 0 atom stereocenters. The Labute approximate surface area is 182 Å². The minimum Gasteiger partial charge on any atom is -0.125 e. The van der Waals surface area contributed by atoms with Crippen LogP contribution in [0.4, 0.5) is 0 Å². The molecule has 0 unspecified atom stereocenters. The van der Waals surface area contributed by atoms with Crippen molar-refractivity contribution in [2.45, 2.75) is 113 Å². The summed E-state index contributed by atoms with van der Waals surface area (Å²) in [5, 5.41) is 0. The van der Waals surface area contributed by atoms with Crippen molar-refractivity contribution in [2.75, 3.05) is 17.3 Å². The summed E-state index contributed by atoms with van der Waals surface area (Å²) in [6, 6.07) is 5.02. The van der Waals surface area contributed by atoms with E-state index in [1.807, 2.05) is 0 Å². The highest BCUT2D eigenvalue weighted by Gasteiger charge is 2.13. The Morgan fingerprint density at radius 3 is 1.41 bits per heavy atom. The summed E-state index contributed by atoms with van der Waals surface area (Å²) < 4.78 is 0. The third-order valence-corrected chi connectivity index (χ3v) is 8.36. The van der Waals surface area contributed by atoms with Crippen molar-refractivity contribution in [1.29, 1.82) is 0 Å². The zero-order chi connectivity index (χ0) is 19.7. The first-order valence-electron chi connectivity index (χ1n) is 11.3. The number of hydrogen-bond acceptors (Lipinski definition) is 3. The first-order valence-corrected chi connectivity index (χ1v) is 14.3. The van der Waals surface area contributed by atoms with Crippen LogP contribution in [0.2, 0.25) is 0 Å². The van der Waals surface area contributed by atoms with Crippen LogP contribution in [0.25, 0.3) is 0 Å². The zero-order valence-electron chi connectivity index (χ0n) is 18.3. The van der Waals surface area contributed by atoms with Crippen molar-refractivity contribution in [2.24, 2.45) is 0 Å². The number of hydrogen-bond donors (Lipinski definition) is 0. The molecule has 1 rings (SSSR count). The topological polar surface area (TPSA) is 0 Å². The molecule has 0 heterocycles. The van der Waals surface area contributed by atoms with Crippen molar-refractivity contribution in [1.82, 2.24) is 0 Å². The number of thioether (sulfide) groups is 3. The van der Waals surface area contributed by atoms with Crippen LogP contribution in [0.5, 0.6) is 0 Å². The summed E-state index contributed by atoms with van der Waals surface area (Å²) in [5.74, 6) is 3.81. The monoisotopic (exact) mass is 426 g/mol. The van der Waals surface area contributed by atoms with E-state index in [2.05, 4.69) is 75.1 Å². The highest BCUT2D eigenvalue weighted by Crippen LogP contribution is 2.41. The lowest BCUT2D eigenvalue weighted by atomic mass is 10.1. The fourth-order valence-corrected chi connectivity index (χ4v) is 6.83. The van der Waals surface area contributed by atoms with Crippen LogP contribution in [0.1, 0.15) is 97.5 Å². The van der Waals surface area contributed by atoms with Crippen LogP contribution in [0.3, 0.4) is 0 Å². The quantitative estimate of drug-likeness (QED) is 0.180. The van der Waals surface area contributed by atoms with Crippen LogP contribution in [-0.2, 0) is 6.42 Å². The van der Waals surface area contributed by atoms with E-state index < -0.39 is 0 Å².